The van der Waals surface area contributed by atoms with Gasteiger partial charge in [-0.05, 0) is 37.0 Å². The zero-order valence-corrected chi connectivity index (χ0v) is 9.63. The molecule has 0 fully saturated rings. The minimum Gasteiger partial charge on any atom is -0.508 e. The van der Waals surface area contributed by atoms with Crippen LogP contribution < -0.4 is 0 Å². The summed E-state index contributed by atoms with van der Waals surface area (Å²) in [4.78, 5) is 11.7. The number of hydrogen-bond donors (Lipinski definition) is 1. The van der Waals surface area contributed by atoms with E-state index in [4.69, 9.17) is 9.84 Å². The van der Waals surface area contributed by atoms with E-state index in [0.29, 0.717) is 0 Å². The van der Waals surface area contributed by atoms with Crippen molar-refractivity contribution in [3.8, 4) is 5.75 Å². The molecule has 0 bridgehead atoms. The molecular weight excluding hydrogens is 216 g/mol. The van der Waals surface area contributed by atoms with Crippen LogP contribution in [-0.2, 0) is 16.1 Å². The standard InChI is InChI=1S/C14H16O3/c15-13-8-6-11(7-9-13)10-17-14(16)12-4-2-1-3-5-12/h1-2,6-9,12,15H,3-5,10H2. The Kier molecular flexibility index (Phi) is 3.81. The lowest BCUT2D eigenvalue weighted by Crippen LogP contribution is -2.18. The molecule has 0 aliphatic heterocycles. The number of rotatable bonds is 3. The van der Waals surface area contributed by atoms with Crippen molar-refractivity contribution in [3.63, 3.8) is 0 Å². The van der Waals surface area contributed by atoms with E-state index in [-0.39, 0.29) is 24.2 Å². The summed E-state index contributed by atoms with van der Waals surface area (Å²) in [6, 6.07) is 6.69. The third-order valence-electron chi connectivity index (χ3n) is 2.92. The average Bonchev–Trinajstić information content (AvgIpc) is 2.39. The van der Waals surface area contributed by atoms with E-state index in [2.05, 4.69) is 6.08 Å². The Hall–Kier alpha value is -1.77. The Morgan fingerprint density at radius 3 is 2.71 bits per heavy atom. The van der Waals surface area contributed by atoms with E-state index in [1.165, 1.54) is 0 Å². The molecule has 1 unspecified atom stereocenters. The molecule has 1 aliphatic rings. The van der Waals surface area contributed by atoms with Gasteiger partial charge in [-0.15, -0.1) is 0 Å². The second-order valence-corrected chi connectivity index (χ2v) is 4.26. The van der Waals surface area contributed by atoms with Gasteiger partial charge in [-0.1, -0.05) is 24.3 Å². The summed E-state index contributed by atoms with van der Waals surface area (Å²) in [5, 5.41) is 9.12. The van der Waals surface area contributed by atoms with Crippen LogP contribution in [-0.4, -0.2) is 11.1 Å². The molecule has 0 spiro atoms. The molecule has 0 saturated carbocycles. The molecule has 0 amide bonds. The van der Waals surface area contributed by atoms with Crippen LogP contribution >= 0.6 is 0 Å². The number of phenolic OH excluding ortho intramolecular Hbond substituents is 1. The topological polar surface area (TPSA) is 46.5 Å². The van der Waals surface area contributed by atoms with Crippen molar-refractivity contribution in [2.45, 2.75) is 25.9 Å². The summed E-state index contributed by atoms with van der Waals surface area (Å²) < 4.78 is 5.25. The SMILES string of the molecule is O=C(OCc1ccc(O)cc1)C1CC=CCC1. The highest BCUT2D eigenvalue weighted by molar-refractivity contribution is 5.72. The lowest BCUT2D eigenvalue weighted by atomic mass is 9.95. The molecule has 1 aromatic carbocycles. The number of aromatic hydroxyl groups is 1. The summed E-state index contributed by atoms with van der Waals surface area (Å²) in [6.07, 6.45) is 6.76. The van der Waals surface area contributed by atoms with Crippen LogP contribution in [0.4, 0.5) is 0 Å². The number of benzene rings is 1. The van der Waals surface area contributed by atoms with Gasteiger partial charge in [0, 0.05) is 0 Å². The van der Waals surface area contributed by atoms with Gasteiger partial charge in [0.25, 0.3) is 0 Å². The lowest BCUT2D eigenvalue weighted by molar-refractivity contribution is -0.150. The minimum absolute atomic E-state index is 0.0112. The van der Waals surface area contributed by atoms with Crippen LogP contribution in [0.5, 0.6) is 5.75 Å². The van der Waals surface area contributed by atoms with Gasteiger partial charge >= 0.3 is 5.97 Å². The average molecular weight is 232 g/mol. The fraction of sp³-hybridized carbons (Fsp3) is 0.357. The Morgan fingerprint density at radius 2 is 2.06 bits per heavy atom. The highest BCUT2D eigenvalue weighted by Crippen LogP contribution is 2.20. The zero-order valence-electron chi connectivity index (χ0n) is 9.63. The van der Waals surface area contributed by atoms with Gasteiger partial charge in [0.1, 0.15) is 12.4 Å². The molecule has 0 radical (unpaired) electrons. The minimum atomic E-state index is -0.123. The van der Waals surface area contributed by atoms with E-state index in [0.717, 1.165) is 24.8 Å². The Bertz CT molecular complexity index is 406. The van der Waals surface area contributed by atoms with Crippen LogP contribution in [0.1, 0.15) is 24.8 Å². The number of esters is 1. The third kappa shape index (κ3) is 3.34. The quantitative estimate of drug-likeness (QED) is 0.644. The van der Waals surface area contributed by atoms with Crippen molar-refractivity contribution in [2.24, 2.45) is 5.92 Å². The van der Waals surface area contributed by atoms with Gasteiger partial charge in [0.2, 0.25) is 0 Å². The molecule has 0 heterocycles. The molecule has 17 heavy (non-hydrogen) atoms. The van der Waals surface area contributed by atoms with Gasteiger partial charge in [-0.3, -0.25) is 4.79 Å². The van der Waals surface area contributed by atoms with Crippen molar-refractivity contribution >= 4 is 5.97 Å². The molecule has 0 saturated heterocycles. The van der Waals surface area contributed by atoms with Crippen LogP contribution in [0.15, 0.2) is 36.4 Å². The van der Waals surface area contributed by atoms with Gasteiger partial charge in [-0.25, -0.2) is 0 Å². The van der Waals surface area contributed by atoms with E-state index < -0.39 is 0 Å². The molecule has 1 N–H and O–H groups in total. The number of ether oxygens (including phenoxy) is 1. The molecule has 2 rings (SSSR count). The van der Waals surface area contributed by atoms with Gasteiger partial charge in [0.05, 0.1) is 5.92 Å². The summed E-state index contributed by atoms with van der Waals surface area (Å²) in [5.74, 6) is 0.108. The molecule has 1 aromatic rings. The Balaban J connectivity index is 1.83. The van der Waals surface area contributed by atoms with Gasteiger partial charge in [-0.2, -0.15) is 0 Å². The Labute approximate surface area is 101 Å². The van der Waals surface area contributed by atoms with Gasteiger partial charge < -0.3 is 9.84 Å². The smallest absolute Gasteiger partial charge is 0.309 e. The number of hydrogen-bond acceptors (Lipinski definition) is 3. The molecule has 1 aliphatic carbocycles. The first-order valence-electron chi connectivity index (χ1n) is 5.85. The highest BCUT2D eigenvalue weighted by Gasteiger charge is 2.19. The molecule has 3 nitrogen and oxygen atoms in total. The van der Waals surface area contributed by atoms with Crippen molar-refractivity contribution < 1.29 is 14.6 Å². The number of carbonyl (C=O) groups is 1. The number of phenols is 1. The predicted molar refractivity (Wildman–Crippen MR) is 64.4 cm³/mol. The van der Waals surface area contributed by atoms with Crippen molar-refractivity contribution in [1.82, 2.24) is 0 Å². The normalized spacial score (nSPS) is 18.9. The van der Waals surface area contributed by atoms with Crippen LogP contribution in [0.3, 0.4) is 0 Å². The fourth-order valence-electron chi connectivity index (χ4n) is 1.87. The maximum Gasteiger partial charge on any atom is 0.309 e. The summed E-state index contributed by atoms with van der Waals surface area (Å²) in [7, 11) is 0. The number of carbonyl (C=O) groups excluding carboxylic acids is 1. The second kappa shape index (κ2) is 5.53. The molecule has 1 atom stereocenters. The maximum atomic E-state index is 11.7. The molecule has 3 heteroatoms. The van der Waals surface area contributed by atoms with Crippen molar-refractivity contribution in [3.05, 3.63) is 42.0 Å². The number of allylic oxidation sites excluding steroid dienone is 2. The second-order valence-electron chi connectivity index (χ2n) is 4.26. The predicted octanol–water partition coefficient (Wildman–Crippen LogP) is 2.79. The maximum absolute atomic E-state index is 11.7. The lowest BCUT2D eigenvalue weighted by Gasteiger charge is -2.16. The third-order valence-corrected chi connectivity index (χ3v) is 2.92. The van der Waals surface area contributed by atoms with Crippen LogP contribution in [0, 0.1) is 5.92 Å². The largest absolute Gasteiger partial charge is 0.508 e. The van der Waals surface area contributed by atoms with Gasteiger partial charge in [0.15, 0.2) is 0 Å². The van der Waals surface area contributed by atoms with Crippen LogP contribution in [0.25, 0.3) is 0 Å². The summed E-state index contributed by atoms with van der Waals surface area (Å²) in [5.41, 5.74) is 0.891. The van der Waals surface area contributed by atoms with Crippen molar-refractivity contribution in [1.29, 1.82) is 0 Å². The summed E-state index contributed by atoms with van der Waals surface area (Å²) in [6.45, 7) is 0.277. The van der Waals surface area contributed by atoms with E-state index in [1.54, 1.807) is 24.3 Å². The molecule has 0 aromatic heterocycles. The van der Waals surface area contributed by atoms with Crippen LogP contribution in [0.2, 0.25) is 0 Å². The Morgan fingerprint density at radius 1 is 1.29 bits per heavy atom. The van der Waals surface area contributed by atoms with E-state index >= 15 is 0 Å². The fourth-order valence-corrected chi connectivity index (χ4v) is 1.87. The first-order valence-corrected chi connectivity index (χ1v) is 5.85. The highest BCUT2D eigenvalue weighted by atomic mass is 16.5. The van der Waals surface area contributed by atoms with E-state index in [1.807, 2.05) is 6.08 Å². The van der Waals surface area contributed by atoms with Crippen molar-refractivity contribution in [2.75, 3.05) is 0 Å². The molecular formula is C14H16O3. The first-order chi connectivity index (χ1) is 8.25. The van der Waals surface area contributed by atoms with E-state index in [9.17, 15) is 4.79 Å². The monoisotopic (exact) mass is 232 g/mol. The molecule has 90 valence electrons. The first kappa shape index (κ1) is 11.7. The summed E-state index contributed by atoms with van der Waals surface area (Å²) >= 11 is 0. The zero-order chi connectivity index (χ0) is 12.1.